The molecule has 1 aliphatic heterocycles. The summed E-state index contributed by atoms with van der Waals surface area (Å²) in [5.41, 5.74) is 3.52. The molecule has 0 atom stereocenters. The summed E-state index contributed by atoms with van der Waals surface area (Å²) in [5, 5.41) is 0.753. The lowest BCUT2D eigenvalue weighted by Gasteiger charge is -2.37. The predicted molar refractivity (Wildman–Crippen MR) is 121 cm³/mol. The van der Waals surface area contributed by atoms with E-state index in [4.69, 9.17) is 21.6 Å². The Morgan fingerprint density at radius 3 is 2.50 bits per heavy atom. The van der Waals surface area contributed by atoms with Crippen LogP contribution in [0.15, 0.2) is 24.3 Å². The molecule has 0 bridgehead atoms. The number of piperazine rings is 1. The molecule has 2 fully saturated rings. The van der Waals surface area contributed by atoms with Crippen LogP contribution in [-0.4, -0.2) is 47.0 Å². The van der Waals surface area contributed by atoms with E-state index in [9.17, 15) is 4.79 Å². The molecule has 2 heterocycles. The molecular weight excluding hydrogens is 396 g/mol. The molecule has 0 unspecified atom stereocenters. The summed E-state index contributed by atoms with van der Waals surface area (Å²) in [6.45, 7) is 9.23. The first-order valence-corrected chi connectivity index (χ1v) is 11.5. The van der Waals surface area contributed by atoms with Gasteiger partial charge in [0.2, 0.25) is 5.91 Å². The summed E-state index contributed by atoms with van der Waals surface area (Å²) in [5.74, 6) is 2.85. The van der Waals surface area contributed by atoms with Gasteiger partial charge < -0.3 is 9.80 Å². The topological polar surface area (TPSA) is 49.3 Å². The summed E-state index contributed by atoms with van der Waals surface area (Å²) in [4.78, 5) is 26.8. The van der Waals surface area contributed by atoms with Gasteiger partial charge in [0.05, 0.1) is 0 Å². The van der Waals surface area contributed by atoms with Crippen LogP contribution in [0.5, 0.6) is 0 Å². The maximum atomic E-state index is 12.4. The summed E-state index contributed by atoms with van der Waals surface area (Å²) in [6.07, 6.45) is 4.03. The second kappa shape index (κ2) is 8.93. The third-order valence-electron chi connectivity index (χ3n) is 6.02. The molecule has 1 aliphatic carbocycles. The van der Waals surface area contributed by atoms with E-state index in [1.165, 1.54) is 24.0 Å². The van der Waals surface area contributed by atoms with Gasteiger partial charge in [-0.25, -0.2) is 9.97 Å². The van der Waals surface area contributed by atoms with Crippen LogP contribution in [0.1, 0.15) is 62.2 Å². The van der Waals surface area contributed by atoms with E-state index in [0.717, 1.165) is 61.4 Å². The maximum Gasteiger partial charge on any atom is 0.225 e. The van der Waals surface area contributed by atoms with Gasteiger partial charge in [-0.1, -0.05) is 44.5 Å². The zero-order valence-electron chi connectivity index (χ0n) is 18.2. The van der Waals surface area contributed by atoms with Crippen molar-refractivity contribution in [1.29, 1.82) is 0 Å². The number of benzene rings is 1. The lowest BCUT2D eigenvalue weighted by atomic mass is 10.0. The number of aromatic nitrogens is 2. The number of amides is 1. The molecule has 1 saturated heterocycles. The zero-order chi connectivity index (χ0) is 21.3. The van der Waals surface area contributed by atoms with Gasteiger partial charge in [0.1, 0.15) is 11.6 Å². The lowest BCUT2D eigenvalue weighted by molar-refractivity contribution is -0.134. The van der Waals surface area contributed by atoms with Gasteiger partial charge in [-0.15, -0.1) is 0 Å². The van der Waals surface area contributed by atoms with Crippen molar-refractivity contribution in [2.24, 2.45) is 5.92 Å². The second-order valence-electron chi connectivity index (χ2n) is 8.73. The van der Waals surface area contributed by atoms with E-state index in [-0.39, 0.29) is 11.8 Å². The number of carbonyl (C=O) groups excluding carboxylic acids is 1. The molecule has 4 rings (SSSR count). The van der Waals surface area contributed by atoms with Gasteiger partial charge in [0, 0.05) is 60.7 Å². The van der Waals surface area contributed by atoms with Crippen LogP contribution in [0, 0.1) is 5.92 Å². The first-order chi connectivity index (χ1) is 14.5. The highest BCUT2D eigenvalue weighted by atomic mass is 35.5. The van der Waals surface area contributed by atoms with Gasteiger partial charge in [0.25, 0.3) is 0 Å². The minimum Gasteiger partial charge on any atom is -0.353 e. The van der Waals surface area contributed by atoms with Crippen LogP contribution in [0.2, 0.25) is 5.02 Å². The Morgan fingerprint density at radius 2 is 1.90 bits per heavy atom. The standard InChI is InChI=1S/C24H31ClN4O/c1-4-21-20(15-17-6-5-7-19(25)14-17)23(27-22(26-21)18-8-9-18)28-10-12-29(13-11-28)24(30)16(2)3/h5-7,14,16,18H,4,8-13,15H2,1-3H3. The number of rotatable bonds is 6. The summed E-state index contributed by atoms with van der Waals surface area (Å²) in [7, 11) is 0. The van der Waals surface area contributed by atoms with Crippen LogP contribution < -0.4 is 4.90 Å². The number of hydrogen-bond donors (Lipinski definition) is 0. The second-order valence-corrected chi connectivity index (χ2v) is 9.17. The average molecular weight is 427 g/mol. The summed E-state index contributed by atoms with van der Waals surface area (Å²) >= 11 is 6.24. The average Bonchev–Trinajstić information content (AvgIpc) is 3.59. The molecule has 5 nitrogen and oxygen atoms in total. The fraction of sp³-hybridized carbons (Fsp3) is 0.542. The predicted octanol–water partition coefficient (Wildman–Crippen LogP) is 4.47. The Morgan fingerprint density at radius 1 is 1.17 bits per heavy atom. The van der Waals surface area contributed by atoms with Gasteiger partial charge in [-0.3, -0.25) is 4.79 Å². The van der Waals surface area contributed by atoms with Gasteiger partial charge in [-0.05, 0) is 37.0 Å². The smallest absolute Gasteiger partial charge is 0.225 e. The van der Waals surface area contributed by atoms with Crippen molar-refractivity contribution >= 4 is 23.3 Å². The van der Waals surface area contributed by atoms with Crippen molar-refractivity contribution in [3.05, 3.63) is 51.9 Å². The van der Waals surface area contributed by atoms with E-state index in [1.54, 1.807) is 0 Å². The molecule has 0 radical (unpaired) electrons. The Balaban J connectivity index is 1.65. The van der Waals surface area contributed by atoms with E-state index < -0.39 is 0 Å². The third-order valence-corrected chi connectivity index (χ3v) is 6.26. The molecule has 1 aromatic heterocycles. The highest BCUT2D eigenvalue weighted by molar-refractivity contribution is 6.30. The Kier molecular flexibility index (Phi) is 6.28. The zero-order valence-corrected chi connectivity index (χ0v) is 19.0. The first-order valence-electron chi connectivity index (χ1n) is 11.1. The molecule has 6 heteroatoms. The van der Waals surface area contributed by atoms with E-state index in [0.29, 0.717) is 5.92 Å². The van der Waals surface area contributed by atoms with Crippen LogP contribution >= 0.6 is 11.6 Å². The van der Waals surface area contributed by atoms with Crippen molar-refractivity contribution in [3.8, 4) is 0 Å². The van der Waals surface area contributed by atoms with Crippen molar-refractivity contribution < 1.29 is 4.79 Å². The fourth-order valence-corrected chi connectivity index (χ4v) is 4.36. The monoisotopic (exact) mass is 426 g/mol. The normalized spacial score (nSPS) is 17.0. The third kappa shape index (κ3) is 4.61. The van der Waals surface area contributed by atoms with Crippen LogP contribution in [0.25, 0.3) is 0 Å². The number of hydrogen-bond acceptors (Lipinski definition) is 4. The maximum absolute atomic E-state index is 12.4. The van der Waals surface area contributed by atoms with E-state index >= 15 is 0 Å². The molecule has 2 aromatic rings. The summed E-state index contributed by atoms with van der Waals surface area (Å²) < 4.78 is 0. The molecular formula is C24H31ClN4O. The number of nitrogens with zero attached hydrogens (tertiary/aromatic N) is 4. The SMILES string of the molecule is CCc1nc(C2CC2)nc(N2CCN(C(=O)C(C)C)CC2)c1Cc1cccc(Cl)c1. The largest absolute Gasteiger partial charge is 0.353 e. The number of carbonyl (C=O) groups is 1. The molecule has 0 spiro atoms. The minimum atomic E-state index is 0.0437. The Bertz CT molecular complexity index is 917. The van der Waals surface area contributed by atoms with E-state index in [2.05, 4.69) is 17.9 Å². The number of aryl methyl sites for hydroxylation is 1. The minimum absolute atomic E-state index is 0.0437. The van der Waals surface area contributed by atoms with Crippen molar-refractivity contribution in [1.82, 2.24) is 14.9 Å². The Labute approximate surface area is 184 Å². The molecule has 1 amide bonds. The van der Waals surface area contributed by atoms with Crippen molar-refractivity contribution in [2.75, 3.05) is 31.1 Å². The quantitative estimate of drug-likeness (QED) is 0.684. The lowest BCUT2D eigenvalue weighted by Crippen LogP contribution is -2.50. The van der Waals surface area contributed by atoms with Crippen LogP contribution in [0.4, 0.5) is 5.82 Å². The molecule has 2 aliphatic rings. The molecule has 1 saturated carbocycles. The van der Waals surface area contributed by atoms with Gasteiger partial charge in [0.15, 0.2) is 0 Å². The van der Waals surface area contributed by atoms with Gasteiger partial charge >= 0.3 is 0 Å². The molecule has 1 aromatic carbocycles. The van der Waals surface area contributed by atoms with Gasteiger partial charge in [-0.2, -0.15) is 0 Å². The Hall–Kier alpha value is -2.14. The number of anilines is 1. The van der Waals surface area contributed by atoms with Crippen molar-refractivity contribution in [2.45, 2.75) is 52.4 Å². The highest BCUT2D eigenvalue weighted by Crippen LogP contribution is 2.40. The fourth-order valence-electron chi connectivity index (χ4n) is 4.15. The highest BCUT2D eigenvalue weighted by Gasteiger charge is 2.31. The first kappa shape index (κ1) is 21.1. The molecule has 30 heavy (non-hydrogen) atoms. The number of halogens is 1. The molecule has 160 valence electrons. The van der Waals surface area contributed by atoms with E-state index in [1.807, 2.05) is 36.9 Å². The molecule has 0 N–H and O–H groups in total. The summed E-state index contributed by atoms with van der Waals surface area (Å²) in [6, 6.07) is 8.05. The van der Waals surface area contributed by atoms with Crippen molar-refractivity contribution in [3.63, 3.8) is 0 Å². The van der Waals surface area contributed by atoms with Crippen LogP contribution in [0.3, 0.4) is 0 Å². The van der Waals surface area contributed by atoms with Crippen LogP contribution in [-0.2, 0) is 17.6 Å².